The van der Waals surface area contributed by atoms with Crippen LogP contribution in [0.25, 0.3) is 4.96 Å². The average molecular weight is 408 g/mol. The Balaban J connectivity index is 1.49. The van der Waals surface area contributed by atoms with E-state index in [0.717, 1.165) is 50.6 Å². The summed E-state index contributed by atoms with van der Waals surface area (Å²) in [5, 5.41) is 3.10. The lowest BCUT2D eigenvalue weighted by atomic mass is 9.87. The number of amides is 1. The van der Waals surface area contributed by atoms with Crippen molar-refractivity contribution >= 4 is 22.2 Å². The van der Waals surface area contributed by atoms with Gasteiger partial charge in [0.05, 0.1) is 6.04 Å². The molecule has 2 aliphatic carbocycles. The third-order valence-corrected chi connectivity index (χ3v) is 7.38. The van der Waals surface area contributed by atoms with Crippen LogP contribution in [0.4, 0.5) is 0 Å². The summed E-state index contributed by atoms with van der Waals surface area (Å²) in [5.74, 6) is -0.315. The summed E-state index contributed by atoms with van der Waals surface area (Å²) in [6.45, 7) is 0. The lowest BCUT2D eigenvalue weighted by Gasteiger charge is -2.26. The molecule has 1 aromatic carbocycles. The van der Waals surface area contributed by atoms with Gasteiger partial charge < -0.3 is 5.32 Å². The minimum atomic E-state index is -0.315. The first-order valence-electron chi connectivity index (χ1n) is 10.6. The third-order valence-electron chi connectivity index (χ3n) is 6.22. The van der Waals surface area contributed by atoms with Gasteiger partial charge in [-0.3, -0.25) is 14.0 Å². The first-order valence-corrected chi connectivity index (χ1v) is 11.4. The number of carbonyl (C=O) groups is 1. The van der Waals surface area contributed by atoms with Crippen molar-refractivity contribution in [2.24, 2.45) is 0 Å². The van der Waals surface area contributed by atoms with E-state index < -0.39 is 0 Å². The van der Waals surface area contributed by atoms with E-state index in [2.05, 4.69) is 22.4 Å². The van der Waals surface area contributed by atoms with Crippen LogP contribution in [0.1, 0.15) is 76.6 Å². The first-order chi connectivity index (χ1) is 14.2. The molecule has 1 N–H and O–H groups in total. The van der Waals surface area contributed by atoms with E-state index in [1.54, 1.807) is 15.7 Å². The van der Waals surface area contributed by atoms with Crippen LogP contribution < -0.4 is 10.9 Å². The van der Waals surface area contributed by atoms with Gasteiger partial charge in [0, 0.05) is 16.8 Å². The maximum Gasteiger partial charge on any atom is 0.271 e. The number of nitrogens with one attached hydrogen (secondary N) is 1. The zero-order valence-electron chi connectivity index (χ0n) is 16.4. The van der Waals surface area contributed by atoms with Crippen molar-refractivity contribution in [2.75, 3.05) is 0 Å². The molecular weight excluding hydrogens is 382 g/mol. The number of hydrogen-bond donors (Lipinski definition) is 1. The molecule has 3 aromatic rings. The fourth-order valence-corrected chi connectivity index (χ4v) is 5.89. The van der Waals surface area contributed by atoms with Crippen molar-refractivity contribution in [3.63, 3.8) is 0 Å². The summed E-state index contributed by atoms with van der Waals surface area (Å²) in [6.07, 6.45) is 11.0. The molecule has 29 heavy (non-hydrogen) atoms. The number of thiazole rings is 1. The van der Waals surface area contributed by atoms with Gasteiger partial charge in [0.2, 0.25) is 0 Å². The second-order valence-corrected chi connectivity index (χ2v) is 9.16. The van der Waals surface area contributed by atoms with Gasteiger partial charge in [-0.15, -0.1) is 11.3 Å². The Morgan fingerprint density at radius 1 is 1.07 bits per heavy atom. The Bertz CT molecular complexity index is 1130. The third kappa shape index (κ3) is 3.39. The lowest BCUT2D eigenvalue weighted by Crippen LogP contribution is -2.35. The summed E-state index contributed by atoms with van der Waals surface area (Å²) < 4.78 is 1.70. The van der Waals surface area contributed by atoms with E-state index in [-0.39, 0.29) is 23.1 Å². The molecule has 2 heterocycles. The van der Waals surface area contributed by atoms with Gasteiger partial charge in [0.15, 0.2) is 4.96 Å². The van der Waals surface area contributed by atoms with E-state index in [9.17, 15) is 9.59 Å². The van der Waals surface area contributed by atoms with Crippen LogP contribution in [-0.4, -0.2) is 15.3 Å². The predicted molar refractivity (Wildman–Crippen MR) is 115 cm³/mol. The predicted octanol–water partition coefficient (Wildman–Crippen LogP) is 4.22. The van der Waals surface area contributed by atoms with E-state index in [1.807, 2.05) is 12.1 Å². The monoisotopic (exact) mass is 407 g/mol. The Labute approximate surface area is 173 Å². The molecular formula is C23H25N3O2S. The molecule has 5 rings (SSSR count). The smallest absolute Gasteiger partial charge is 0.271 e. The van der Waals surface area contributed by atoms with Crippen molar-refractivity contribution in [1.82, 2.24) is 14.7 Å². The SMILES string of the molecule is O=C(N[C@@H]1CCCc2ccccc21)c1cnc2sc3c(n2c1=O)CCCCCC3. The number of rotatable bonds is 2. The van der Waals surface area contributed by atoms with Crippen molar-refractivity contribution in [3.8, 4) is 0 Å². The largest absolute Gasteiger partial charge is 0.345 e. The summed E-state index contributed by atoms with van der Waals surface area (Å²) in [7, 11) is 0. The Hall–Kier alpha value is -2.47. The maximum absolute atomic E-state index is 13.3. The molecule has 0 bridgehead atoms. The van der Waals surface area contributed by atoms with E-state index in [0.29, 0.717) is 4.96 Å². The number of hydrogen-bond acceptors (Lipinski definition) is 4. The molecule has 0 aliphatic heterocycles. The summed E-state index contributed by atoms with van der Waals surface area (Å²) in [4.78, 5) is 32.8. The van der Waals surface area contributed by atoms with Crippen LogP contribution in [0.2, 0.25) is 0 Å². The minimum Gasteiger partial charge on any atom is -0.345 e. The normalized spacial score (nSPS) is 19.1. The van der Waals surface area contributed by atoms with Crippen LogP contribution in [0.15, 0.2) is 35.3 Å². The van der Waals surface area contributed by atoms with Crippen LogP contribution in [0.5, 0.6) is 0 Å². The Kier molecular flexibility index (Phi) is 4.96. The molecule has 150 valence electrons. The van der Waals surface area contributed by atoms with Crippen molar-refractivity contribution in [2.45, 2.75) is 63.8 Å². The fourth-order valence-electron chi connectivity index (χ4n) is 4.72. The quantitative estimate of drug-likeness (QED) is 0.692. The van der Waals surface area contributed by atoms with Crippen molar-refractivity contribution < 1.29 is 4.79 Å². The molecule has 6 heteroatoms. The molecule has 1 amide bonds. The molecule has 2 aliphatic rings. The standard InChI is InChI=1S/C23H25N3O2S/c27-21(25-18-11-7-9-15-8-5-6-10-16(15)18)17-14-24-23-26(22(17)28)19-12-3-1-2-4-13-20(19)29-23/h5-6,8,10,14,18H,1-4,7,9,11-13H2,(H,25,27)/t18-/m1/s1. The van der Waals surface area contributed by atoms with Gasteiger partial charge in [0.25, 0.3) is 11.5 Å². The summed E-state index contributed by atoms with van der Waals surface area (Å²) in [5.41, 5.74) is 3.44. The Morgan fingerprint density at radius 3 is 2.79 bits per heavy atom. The van der Waals surface area contributed by atoms with E-state index >= 15 is 0 Å². The van der Waals surface area contributed by atoms with Crippen LogP contribution in [-0.2, 0) is 19.3 Å². The molecule has 1 atom stereocenters. The highest BCUT2D eigenvalue weighted by Gasteiger charge is 2.25. The highest BCUT2D eigenvalue weighted by molar-refractivity contribution is 7.17. The Morgan fingerprint density at radius 2 is 1.90 bits per heavy atom. The molecule has 0 saturated heterocycles. The average Bonchev–Trinajstić information content (AvgIpc) is 3.06. The number of nitrogens with zero attached hydrogens (tertiary/aromatic N) is 2. The van der Waals surface area contributed by atoms with Gasteiger partial charge in [-0.2, -0.15) is 0 Å². The topological polar surface area (TPSA) is 63.5 Å². The van der Waals surface area contributed by atoms with Gasteiger partial charge in [0.1, 0.15) is 5.56 Å². The van der Waals surface area contributed by atoms with E-state index in [4.69, 9.17) is 0 Å². The van der Waals surface area contributed by atoms with E-state index in [1.165, 1.54) is 35.0 Å². The fraction of sp³-hybridized carbons (Fsp3) is 0.435. The molecule has 0 radical (unpaired) electrons. The zero-order chi connectivity index (χ0) is 19.8. The second-order valence-electron chi connectivity index (χ2n) is 8.10. The zero-order valence-corrected chi connectivity index (χ0v) is 17.3. The van der Waals surface area contributed by atoms with Gasteiger partial charge in [-0.1, -0.05) is 37.1 Å². The number of aryl methyl sites for hydroxylation is 3. The van der Waals surface area contributed by atoms with Crippen LogP contribution in [0, 0.1) is 0 Å². The molecule has 0 spiro atoms. The summed E-state index contributed by atoms with van der Waals surface area (Å²) in [6, 6.07) is 8.21. The van der Waals surface area contributed by atoms with Gasteiger partial charge in [-0.25, -0.2) is 4.98 Å². The number of fused-ring (bicyclic) bond motifs is 4. The van der Waals surface area contributed by atoms with Gasteiger partial charge >= 0.3 is 0 Å². The van der Waals surface area contributed by atoms with Gasteiger partial charge in [-0.05, 0) is 56.1 Å². The minimum absolute atomic E-state index is 0.0457. The highest BCUT2D eigenvalue weighted by Crippen LogP contribution is 2.30. The van der Waals surface area contributed by atoms with Crippen molar-refractivity contribution in [3.05, 3.63) is 68.1 Å². The molecule has 2 aromatic heterocycles. The van der Waals surface area contributed by atoms with Crippen LogP contribution in [0.3, 0.4) is 0 Å². The molecule has 0 unspecified atom stereocenters. The lowest BCUT2D eigenvalue weighted by molar-refractivity contribution is 0.0930. The van der Waals surface area contributed by atoms with Crippen molar-refractivity contribution in [1.29, 1.82) is 0 Å². The molecule has 0 fully saturated rings. The second kappa shape index (κ2) is 7.75. The molecule has 0 saturated carbocycles. The molecule has 5 nitrogen and oxygen atoms in total. The highest BCUT2D eigenvalue weighted by atomic mass is 32.1. The van der Waals surface area contributed by atoms with Crippen LogP contribution >= 0.6 is 11.3 Å². The summed E-state index contributed by atoms with van der Waals surface area (Å²) >= 11 is 1.60. The first kappa shape index (κ1) is 18.6. The maximum atomic E-state index is 13.3. The number of carbonyl (C=O) groups excluding carboxylic acids is 1. The number of aromatic nitrogens is 2. The number of benzene rings is 1.